The molecule has 1 amide bonds. The topological polar surface area (TPSA) is 127 Å². The van der Waals surface area contributed by atoms with Crippen molar-refractivity contribution >= 4 is 44.7 Å². The van der Waals surface area contributed by atoms with Gasteiger partial charge in [0.15, 0.2) is 10.7 Å². The van der Waals surface area contributed by atoms with E-state index in [4.69, 9.17) is 4.74 Å². The van der Waals surface area contributed by atoms with Gasteiger partial charge < -0.3 is 19.9 Å². The predicted octanol–water partition coefficient (Wildman–Crippen LogP) is 4.75. The number of amides is 1. The second kappa shape index (κ2) is 10.6. The molecule has 0 bridgehead atoms. The molecule has 0 saturated heterocycles. The number of halogens is 1. The van der Waals surface area contributed by atoms with E-state index in [1.807, 2.05) is 12.1 Å². The van der Waals surface area contributed by atoms with E-state index in [0.717, 1.165) is 4.47 Å². The Labute approximate surface area is 210 Å². The Kier molecular flexibility index (Phi) is 8.02. The van der Waals surface area contributed by atoms with Crippen molar-refractivity contribution < 1.29 is 18.9 Å². The van der Waals surface area contributed by atoms with Crippen LogP contribution in [0.2, 0.25) is 0 Å². The lowest BCUT2D eigenvalue weighted by Crippen LogP contribution is -2.37. The number of benzene rings is 1. The first kappa shape index (κ1) is 25.7. The molecule has 10 heteroatoms. The molecule has 1 aromatic heterocycles. The normalized spacial score (nSPS) is 15.5. The van der Waals surface area contributed by atoms with Crippen molar-refractivity contribution in [2.45, 2.75) is 50.2 Å². The molecular weight excluding hydrogens is 520 g/mol. The Morgan fingerprint density at radius 1 is 1.29 bits per heavy atom. The summed E-state index contributed by atoms with van der Waals surface area (Å²) in [5.41, 5.74) is 1.68. The van der Waals surface area contributed by atoms with Gasteiger partial charge in [-0.3, -0.25) is 9.78 Å². The van der Waals surface area contributed by atoms with Gasteiger partial charge in [-0.1, -0.05) is 6.07 Å². The van der Waals surface area contributed by atoms with Gasteiger partial charge >= 0.3 is 6.09 Å². The van der Waals surface area contributed by atoms with Crippen molar-refractivity contribution in [1.82, 2.24) is 10.3 Å². The van der Waals surface area contributed by atoms with Crippen LogP contribution in [0.25, 0.3) is 0 Å². The molecule has 1 aliphatic rings. The van der Waals surface area contributed by atoms with Gasteiger partial charge in [0, 0.05) is 40.0 Å². The lowest BCUT2D eigenvalue weighted by Gasteiger charge is -2.26. The molecule has 8 nitrogen and oxygen atoms in total. The van der Waals surface area contributed by atoms with E-state index >= 15 is 0 Å². The number of hydrogen-bond acceptors (Lipinski definition) is 7. The highest BCUT2D eigenvalue weighted by Crippen LogP contribution is 2.37. The molecule has 0 spiro atoms. The first-order valence-electron chi connectivity index (χ1n) is 10.5. The summed E-state index contributed by atoms with van der Waals surface area (Å²) in [4.78, 5) is 30.4. The highest BCUT2D eigenvalue weighted by molar-refractivity contribution is 9.10. The number of carbonyl (C=O) groups excluding carboxylic acids is 2. The predicted molar refractivity (Wildman–Crippen MR) is 132 cm³/mol. The standard InChI is InChI=1S/C24H25BrN4O4S/c1-24(2,3)33-23(31)29-22(17-6-5-14(11-26)9-20(17)34(4)32)21-18(7-8-19(21)30)28-16-10-15(25)12-27-13-16/h5-6,9-10,12-13,22,28H,7-8H2,1-4H3,(H,29,31). The number of anilines is 1. The summed E-state index contributed by atoms with van der Waals surface area (Å²) in [6.45, 7) is 5.22. The summed E-state index contributed by atoms with van der Waals surface area (Å²) in [6.07, 6.45) is 4.74. The number of ketones is 1. The molecular formula is C24H25BrN4O4S. The number of nitriles is 1. The zero-order valence-corrected chi connectivity index (χ0v) is 21.7. The number of pyridine rings is 1. The molecule has 0 aliphatic heterocycles. The number of ether oxygens (including phenoxy) is 1. The van der Waals surface area contributed by atoms with Crippen molar-refractivity contribution in [3.8, 4) is 6.07 Å². The van der Waals surface area contributed by atoms with Crippen LogP contribution in [0.1, 0.15) is 50.8 Å². The van der Waals surface area contributed by atoms with E-state index < -0.39 is 28.9 Å². The van der Waals surface area contributed by atoms with Crippen LogP contribution in [0, 0.1) is 11.3 Å². The number of nitrogens with one attached hydrogen (secondary N) is 2. The Morgan fingerprint density at radius 3 is 2.65 bits per heavy atom. The second-order valence-corrected chi connectivity index (χ2v) is 11.0. The van der Waals surface area contributed by atoms with Crippen molar-refractivity contribution in [1.29, 1.82) is 5.26 Å². The molecule has 1 heterocycles. The first-order valence-corrected chi connectivity index (χ1v) is 12.8. The number of rotatable bonds is 6. The van der Waals surface area contributed by atoms with Gasteiger partial charge in [0.2, 0.25) is 0 Å². The molecule has 0 radical (unpaired) electrons. The third kappa shape index (κ3) is 6.38. The maximum atomic E-state index is 13.1. The fraction of sp³-hybridized carbons (Fsp3) is 0.333. The average Bonchev–Trinajstić information content (AvgIpc) is 3.10. The third-order valence-corrected chi connectivity index (χ3v) is 6.35. The van der Waals surface area contributed by atoms with Crippen molar-refractivity contribution in [3.63, 3.8) is 0 Å². The van der Waals surface area contributed by atoms with E-state index in [1.165, 1.54) is 12.3 Å². The minimum atomic E-state index is -1.48. The van der Waals surface area contributed by atoms with Gasteiger partial charge in [-0.2, -0.15) is 5.26 Å². The largest absolute Gasteiger partial charge is 0.612 e. The SMILES string of the molecule is C[S+]([O-])c1cc(C#N)ccc1C(NC(=O)OC(C)(C)C)C1=C(Nc2cncc(Br)c2)CCC1=O. The number of Topliss-reactive ketones (excluding diaryl/α,β-unsaturated/α-hetero) is 1. The Morgan fingerprint density at radius 2 is 2.03 bits per heavy atom. The fourth-order valence-electron chi connectivity index (χ4n) is 3.62. The Bertz CT molecular complexity index is 1180. The van der Waals surface area contributed by atoms with Gasteiger partial charge in [-0.05, 0) is 66.4 Å². The fourth-order valence-corrected chi connectivity index (χ4v) is 4.79. The lowest BCUT2D eigenvalue weighted by molar-refractivity contribution is -0.115. The van der Waals surface area contributed by atoms with Crippen LogP contribution >= 0.6 is 15.9 Å². The van der Waals surface area contributed by atoms with Crippen molar-refractivity contribution in [2.75, 3.05) is 11.6 Å². The number of alkyl carbamates (subject to hydrolysis) is 1. The molecule has 2 atom stereocenters. The Hall–Kier alpha value is -2.87. The summed E-state index contributed by atoms with van der Waals surface area (Å²) in [5.74, 6) is -0.149. The number of carbonyl (C=O) groups is 2. The zero-order valence-electron chi connectivity index (χ0n) is 19.3. The van der Waals surface area contributed by atoms with Crippen LogP contribution in [-0.4, -0.2) is 33.3 Å². The van der Waals surface area contributed by atoms with Crippen molar-refractivity contribution in [3.05, 3.63) is 63.5 Å². The molecule has 2 N–H and O–H groups in total. The van der Waals surface area contributed by atoms with Crippen LogP contribution < -0.4 is 10.6 Å². The van der Waals surface area contributed by atoms with Gasteiger partial charge in [0.25, 0.3) is 0 Å². The highest BCUT2D eigenvalue weighted by Gasteiger charge is 2.36. The molecule has 178 valence electrons. The number of nitrogens with zero attached hydrogens (tertiary/aromatic N) is 2. The van der Waals surface area contributed by atoms with Gasteiger partial charge in [0.05, 0.1) is 29.6 Å². The number of hydrogen-bond donors (Lipinski definition) is 2. The van der Waals surface area contributed by atoms with Gasteiger partial charge in [-0.15, -0.1) is 0 Å². The molecule has 2 aromatic rings. The van der Waals surface area contributed by atoms with Crippen LogP contribution in [0.3, 0.4) is 0 Å². The first-order chi connectivity index (χ1) is 16.0. The summed E-state index contributed by atoms with van der Waals surface area (Å²) in [7, 11) is 0. The third-order valence-electron chi connectivity index (χ3n) is 4.94. The smallest absolute Gasteiger partial charge is 0.408 e. The van der Waals surface area contributed by atoms with Crippen LogP contribution in [-0.2, 0) is 20.7 Å². The summed E-state index contributed by atoms with van der Waals surface area (Å²) >= 11 is 1.90. The van der Waals surface area contributed by atoms with Crippen LogP contribution in [0.5, 0.6) is 0 Å². The van der Waals surface area contributed by atoms with Gasteiger partial charge in [-0.25, -0.2) is 4.79 Å². The minimum absolute atomic E-state index is 0.149. The minimum Gasteiger partial charge on any atom is -0.612 e. The maximum Gasteiger partial charge on any atom is 0.408 e. The van der Waals surface area contributed by atoms with Crippen LogP contribution in [0.4, 0.5) is 10.5 Å². The molecule has 1 aromatic carbocycles. The highest BCUT2D eigenvalue weighted by atomic mass is 79.9. The summed E-state index contributed by atoms with van der Waals surface area (Å²) in [6, 6.07) is 7.63. The van der Waals surface area contributed by atoms with E-state index in [2.05, 4.69) is 31.5 Å². The second-order valence-electron chi connectivity index (χ2n) is 8.73. The molecule has 34 heavy (non-hydrogen) atoms. The van der Waals surface area contributed by atoms with E-state index in [1.54, 1.807) is 45.3 Å². The van der Waals surface area contributed by atoms with Gasteiger partial charge in [0.1, 0.15) is 11.9 Å². The monoisotopic (exact) mass is 544 g/mol. The molecule has 3 rings (SSSR count). The molecule has 2 unspecified atom stereocenters. The number of aromatic nitrogens is 1. The average molecular weight is 545 g/mol. The Balaban J connectivity index is 2.13. The zero-order chi connectivity index (χ0) is 25.0. The van der Waals surface area contributed by atoms with Crippen LogP contribution in [0.15, 0.2) is 57.3 Å². The lowest BCUT2D eigenvalue weighted by atomic mass is 9.95. The van der Waals surface area contributed by atoms with Crippen molar-refractivity contribution in [2.24, 2.45) is 0 Å². The molecule has 0 saturated carbocycles. The van der Waals surface area contributed by atoms with E-state index in [-0.39, 0.29) is 12.2 Å². The van der Waals surface area contributed by atoms with E-state index in [0.29, 0.717) is 39.4 Å². The summed E-state index contributed by atoms with van der Waals surface area (Å²) < 4.78 is 18.8. The molecule has 0 fully saturated rings. The van der Waals surface area contributed by atoms with E-state index in [9.17, 15) is 19.4 Å². The number of allylic oxidation sites excluding steroid dienone is 1. The summed E-state index contributed by atoms with van der Waals surface area (Å²) in [5, 5.41) is 15.4. The quantitative estimate of drug-likeness (QED) is 0.502. The molecule has 1 aliphatic carbocycles. The maximum absolute atomic E-state index is 13.1.